The average molecular weight is 310 g/mol. The first-order valence-electron chi connectivity index (χ1n) is 8.06. The molecular weight excluding hydrogens is 278 g/mol. The van der Waals surface area contributed by atoms with Gasteiger partial charge in [-0.2, -0.15) is 0 Å². The van der Waals surface area contributed by atoms with E-state index in [9.17, 15) is 0 Å². The predicted octanol–water partition coefficient (Wildman–Crippen LogP) is 3.75. The Bertz CT molecular complexity index is 469. The third-order valence-corrected chi connectivity index (χ3v) is 5.96. The SMILES string of the molecule is CCC1(C)CN(Cc2nc(C)c(C)s2)C(C(C)(C)C)CN1. The molecule has 1 aromatic heterocycles. The van der Waals surface area contributed by atoms with E-state index < -0.39 is 0 Å². The van der Waals surface area contributed by atoms with Gasteiger partial charge in [-0.15, -0.1) is 11.3 Å². The van der Waals surface area contributed by atoms with Crippen LogP contribution in [0.5, 0.6) is 0 Å². The predicted molar refractivity (Wildman–Crippen MR) is 91.9 cm³/mol. The molecule has 1 aromatic rings. The molecule has 1 aliphatic rings. The lowest BCUT2D eigenvalue weighted by molar-refractivity contribution is 0.0204. The molecule has 120 valence electrons. The topological polar surface area (TPSA) is 28.2 Å². The van der Waals surface area contributed by atoms with Crippen LogP contribution in [0, 0.1) is 19.3 Å². The van der Waals surface area contributed by atoms with E-state index in [0.717, 1.165) is 26.1 Å². The first kappa shape index (κ1) is 16.9. The number of piperazine rings is 1. The largest absolute Gasteiger partial charge is 0.309 e. The van der Waals surface area contributed by atoms with Gasteiger partial charge in [-0.3, -0.25) is 4.90 Å². The summed E-state index contributed by atoms with van der Waals surface area (Å²) >= 11 is 1.86. The lowest BCUT2D eigenvalue weighted by atomic mass is 9.81. The zero-order valence-electron chi connectivity index (χ0n) is 14.7. The van der Waals surface area contributed by atoms with Crippen molar-refractivity contribution >= 4 is 11.3 Å². The molecule has 1 fully saturated rings. The Kier molecular flexibility index (Phi) is 4.81. The number of nitrogens with one attached hydrogen (secondary N) is 1. The minimum absolute atomic E-state index is 0.225. The summed E-state index contributed by atoms with van der Waals surface area (Å²) in [5.74, 6) is 0. The van der Waals surface area contributed by atoms with Crippen molar-refractivity contribution in [3.8, 4) is 0 Å². The van der Waals surface area contributed by atoms with Gasteiger partial charge in [0, 0.05) is 29.5 Å². The standard InChI is InChI=1S/C17H31N3S/c1-8-17(7)11-20(14(9-18-17)16(4,5)6)10-15-19-12(2)13(3)21-15/h14,18H,8-11H2,1-7H3. The highest BCUT2D eigenvalue weighted by Gasteiger charge is 2.39. The lowest BCUT2D eigenvalue weighted by Crippen LogP contribution is -2.65. The number of hydrogen-bond donors (Lipinski definition) is 1. The van der Waals surface area contributed by atoms with Gasteiger partial charge in [0.2, 0.25) is 0 Å². The molecule has 3 nitrogen and oxygen atoms in total. The Morgan fingerprint density at radius 3 is 2.52 bits per heavy atom. The van der Waals surface area contributed by atoms with E-state index in [-0.39, 0.29) is 11.0 Å². The maximum Gasteiger partial charge on any atom is 0.107 e. The van der Waals surface area contributed by atoms with Crippen LogP contribution in [-0.4, -0.2) is 34.6 Å². The zero-order valence-corrected chi connectivity index (χ0v) is 15.5. The van der Waals surface area contributed by atoms with Crippen LogP contribution in [0.15, 0.2) is 0 Å². The fourth-order valence-electron chi connectivity index (χ4n) is 3.12. The second kappa shape index (κ2) is 5.98. The maximum atomic E-state index is 4.75. The quantitative estimate of drug-likeness (QED) is 0.921. The van der Waals surface area contributed by atoms with Gasteiger partial charge in [-0.1, -0.05) is 27.7 Å². The van der Waals surface area contributed by atoms with Crippen LogP contribution in [0.3, 0.4) is 0 Å². The molecule has 21 heavy (non-hydrogen) atoms. The molecule has 1 N–H and O–H groups in total. The first-order chi connectivity index (χ1) is 9.64. The molecule has 2 atom stereocenters. The summed E-state index contributed by atoms with van der Waals surface area (Å²) in [5.41, 5.74) is 1.70. The van der Waals surface area contributed by atoms with Gasteiger partial charge in [-0.05, 0) is 32.6 Å². The van der Waals surface area contributed by atoms with E-state index in [0.29, 0.717) is 6.04 Å². The third-order valence-electron chi connectivity index (χ3n) is 4.91. The molecule has 0 aromatic carbocycles. The minimum Gasteiger partial charge on any atom is -0.309 e. The number of nitrogens with zero attached hydrogens (tertiary/aromatic N) is 2. The second-order valence-corrected chi connectivity index (χ2v) is 9.12. The Balaban J connectivity index is 2.20. The van der Waals surface area contributed by atoms with Crippen molar-refractivity contribution in [2.45, 2.75) is 73.0 Å². The highest BCUT2D eigenvalue weighted by atomic mass is 32.1. The van der Waals surface area contributed by atoms with Crippen molar-refractivity contribution in [1.82, 2.24) is 15.2 Å². The Labute approximate surface area is 134 Å². The summed E-state index contributed by atoms with van der Waals surface area (Å²) in [6.07, 6.45) is 1.16. The van der Waals surface area contributed by atoms with Gasteiger partial charge in [-0.25, -0.2) is 4.98 Å². The van der Waals surface area contributed by atoms with Gasteiger partial charge < -0.3 is 5.32 Å². The number of aromatic nitrogens is 1. The molecule has 2 unspecified atom stereocenters. The molecule has 0 bridgehead atoms. The smallest absolute Gasteiger partial charge is 0.107 e. The molecule has 0 aliphatic carbocycles. The zero-order chi connectivity index (χ0) is 15.8. The van der Waals surface area contributed by atoms with Crippen LogP contribution in [-0.2, 0) is 6.54 Å². The van der Waals surface area contributed by atoms with Gasteiger partial charge >= 0.3 is 0 Å². The van der Waals surface area contributed by atoms with Crippen LogP contribution < -0.4 is 5.32 Å². The van der Waals surface area contributed by atoms with E-state index >= 15 is 0 Å². The summed E-state index contributed by atoms with van der Waals surface area (Å²) < 4.78 is 0. The Morgan fingerprint density at radius 2 is 2.05 bits per heavy atom. The van der Waals surface area contributed by atoms with Crippen molar-refractivity contribution in [1.29, 1.82) is 0 Å². The van der Waals surface area contributed by atoms with Crippen LogP contribution in [0.2, 0.25) is 0 Å². The number of rotatable bonds is 3. The van der Waals surface area contributed by atoms with E-state index in [1.165, 1.54) is 15.6 Å². The fourth-order valence-corrected chi connectivity index (χ4v) is 4.08. The summed E-state index contributed by atoms with van der Waals surface area (Å²) in [6.45, 7) is 19.1. The molecule has 4 heteroatoms. The van der Waals surface area contributed by atoms with E-state index in [1.54, 1.807) is 0 Å². The molecule has 0 radical (unpaired) electrons. The van der Waals surface area contributed by atoms with E-state index in [4.69, 9.17) is 4.98 Å². The van der Waals surface area contributed by atoms with E-state index in [2.05, 4.69) is 58.7 Å². The lowest BCUT2D eigenvalue weighted by Gasteiger charge is -2.50. The normalized spacial score (nSPS) is 28.0. The molecule has 0 saturated carbocycles. The van der Waals surface area contributed by atoms with Crippen molar-refractivity contribution in [2.24, 2.45) is 5.41 Å². The highest BCUT2D eigenvalue weighted by molar-refractivity contribution is 7.11. The van der Waals surface area contributed by atoms with Gasteiger partial charge in [0.05, 0.1) is 12.2 Å². The Morgan fingerprint density at radius 1 is 1.38 bits per heavy atom. The molecule has 2 rings (SSSR count). The first-order valence-corrected chi connectivity index (χ1v) is 8.88. The van der Waals surface area contributed by atoms with Crippen LogP contribution in [0.25, 0.3) is 0 Å². The highest BCUT2D eigenvalue weighted by Crippen LogP contribution is 2.31. The average Bonchev–Trinajstić information content (AvgIpc) is 2.67. The fraction of sp³-hybridized carbons (Fsp3) is 0.824. The van der Waals surface area contributed by atoms with E-state index in [1.807, 2.05) is 11.3 Å². The number of thiazole rings is 1. The summed E-state index contributed by atoms with van der Waals surface area (Å²) in [7, 11) is 0. The monoisotopic (exact) mass is 309 g/mol. The van der Waals surface area contributed by atoms with Crippen molar-refractivity contribution in [3.63, 3.8) is 0 Å². The third kappa shape index (κ3) is 3.85. The van der Waals surface area contributed by atoms with Crippen LogP contribution in [0.1, 0.15) is 56.6 Å². The molecule has 1 saturated heterocycles. The summed E-state index contributed by atoms with van der Waals surface area (Å²) in [6, 6.07) is 0.557. The van der Waals surface area contributed by atoms with Crippen molar-refractivity contribution in [2.75, 3.05) is 13.1 Å². The number of aryl methyl sites for hydroxylation is 2. The van der Waals surface area contributed by atoms with Gasteiger partial charge in [0.1, 0.15) is 5.01 Å². The Hall–Kier alpha value is -0.450. The van der Waals surface area contributed by atoms with Crippen molar-refractivity contribution in [3.05, 3.63) is 15.6 Å². The molecule has 1 aliphatic heterocycles. The molecule has 0 spiro atoms. The number of hydrogen-bond acceptors (Lipinski definition) is 4. The van der Waals surface area contributed by atoms with Gasteiger partial charge in [0.25, 0.3) is 0 Å². The molecule has 0 amide bonds. The molecule has 2 heterocycles. The maximum absolute atomic E-state index is 4.75. The minimum atomic E-state index is 0.225. The summed E-state index contributed by atoms with van der Waals surface area (Å²) in [4.78, 5) is 8.75. The van der Waals surface area contributed by atoms with Crippen LogP contribution in [0.4, 0.5) is 0 Å². The summed E-state index contributed by atoms with van der Waals surface area (Å²) in [5, 5.41) is 5.04. The van der Waals surface area contributed by atoms with Crippen molar-refractivity contribution < 1.29 is 0 Å². The molecular formula is C17H31N3S. The van der Waals surface area contributed by atoms with Crippen LogP contribution >= 0.6 is 11.3 Å². The van der Waals surface area contributed by atoms with Gasteiger partial charge in [0.15, 0.2) is 0 Å². The second-order valence-electron chi connectivity index (χ2n) is 7.83.